The standard InChI is InChI=1S/C13H18N4O3S/c1-8-11-5-6-17(7-12(11)16(4)14-8)21(18,19)13-9(2)15-20-10(13)3/h5-7H2,1-4H3. The summed E-state index contributed by atoms with van der Waals surface area (Å²) in [4.78, 5) is 0.185. The molecule has 2 aromatic heterocycles. The Hall–Kier alpha value is -1.67. The van der Waals surface area contributed by atoms with E-state index in [0.29, 0.717) is 31.0 Å². The topological polar surface area (TPSA) is 81.2 Å². The normalized spacial score (nSPS) is 16.2. The molecule has 0 saturated heterocycles. The zero-order chi connectivity index (χ0) is 15.4. The summed E-state index contributed by atoms with van der Waals surface area (Å²) >= 11 is 0. The summed E-state index contributed by atoms with van der Waals surface area (Å²) in [5, 5.41) is 8.12. The number of hydrogen-bond donors (Lipinski definition) is 0. The smallest absolute Gasteiger partial charge is 0.248 e. The highest BCUT2D eigenvalue weighted by Crippen LogP contribution is 2.29. The van der Waals surface area contributed by atoms with Crippen molar-refractivity contribution in [3.63, 3.8) is 0 Å². The highest BCUT2D eigenvalue weighted by molar-refractivity contribution is 7.89. The van der Waals surface area contributed by atoms with Crippen molar-refractivity contribution in [1.82, 2.24) is 19.2 Å². The molecule has 8 heteroatoms. The summed E-state index contributed by atoms with van der Waals surface area (Å²) in [6.07, 6.45) is 0.678. The summed E-state index contributed by atoms with van der Waals surface area (Å²) in [5.41, 5.74) is 3.48. The Labute approximate surface area is 123 Å². The van der Waals surface area contributed by atoms with Crippen molar-refractivity contribution >= 4 is 10.0 Å². The number of fused-ring (bicyclic) bond motifs is 1. The molecule has 0 aromatic carbocycles. The quantitative estimate of drug-likeness (QED) is 0.829. The first kappa shape index (κ1) is 14.3. The average molecular weight is 310 g/mol. The third-order valence-electron chi connectivity index (χ3n) is 3.98. The minimum absolute atomic E-state index is 0.185. The van der Waals surface area contributed by atoms with Crippen molar-refractivity contribution in [3.8, 4) is 0 Å². The Morgan fingerprint density at radius 2 is 1.90 bits per heavy atom. The van der Waals surface area contributed by atoms with E-state index in [1.165, 1.54) is 4.31 Å². The van der Waals surface area contributed by atoms with Crippen molar-refractivity contribution in [3.05, 3.63) is 28.4 Å². The van der Waals surface area contributed by atoms with E-state index in [-0.39, 0.29) is 4.90 Å². The van der Waals surface area contributed by atoms with Crippen LogP contribution in [0.15, 0.2) is 9.42 Å². The van der Waals surface area contributed by atoms with E-state index >= 15 is 0 Å². The molecule has 7 nitrogen and oxygen atoms in total. The lowest BCUT2D eigenvalue weighted by Crippen LogP contribution is -2.37. The molecule has 0 amide bonds. The Morgan fingerprint density at radius 1 is 1.19 bits per heavy atom. The highest BCUT2D eigenvalue weighted by Gasteiger charge is 2.34. The van der Waals surface area contributed by atoms with Crippen LogP contribution in [0, 0.1) is 20.8 Å². The van der Waals surface area contributed by atoms with E-state index in [1.807, 2.05) is 14.0 Å². The maximum Gasteiger partial charge on any atom is 0.248 e. The molecule has 0 saturated carbocycles. The monoisotopic (exact) mass is 310 g/mol. The Kier molecular flexibility index (Phi) is 3.18. The molecule has 0 unspecified atom stereocenters. The molecular formula is C13H18N4O3S. The minimum Gasteiger partial charge on any atom is -0.360 e. The molecule has 2 aromatic rings. The molecule has 0 N–H and O–H groups in total. The van der Waals surface area contributed by atoms with Crippen molar-refractivity contribution in [1.29, 1.82) is 0 Å². The second-order valence-corrected chi connectivity index (χ2v) is 7.25. The lowest BCUT2D eigenvalue weighted by Gasteiger charge is -2.26. The van der Waals surface area contributed by atoms with Crippen LogP contribution in [0.3, 0.4) is 0 Å². The summed E-state index contributed by atoms with van der Waals surface area (Å²) in [7, 11) is -1.75. The Bertz CT molecular complexity index is 784. The number of hydrogen-bond acceptors (Lipinski definition) is 5. The van der Waals surface area contributed by atoms with E-state index in [0.717, 1.165) is 17.0 Å². The maximum atomic E-state index is 12.8. The van der Waals surface area contributed by atoms with Gasteiger partial charge in [0.1, 0.15) is 10.6 Å². The Balaban J connectivity index is 2.01. The molecule has 0 atom stereocenters. The van der Waals surface area contributed by atoms with Crippen LogP contribution in [0.5, 0.6) is 0 Å². The number of aromatic nitrogens is 3. The van der Waals surface area contributed by atoms with Crippen LogP contribution < -0.4 is 0 Å². The minimum atomic E-state index is -3.59. The van der Waals surface area contributed by atoms with Gasteiger partial charge in [-0.2, -0.15) is 9.40 Å². The van der Waals surface area contributed by atoms with Gasteiger partial charge in [-0.3, -0.25) is 4.68 Å². The summed E-state index contributed by atoms with van der Waals surface area (Å²) in [6, 6.07) is 0. The summed E-state index contributed by atoms with van der Waals surface area (Å²) < 4.78 is 33.9. The third kappa shape index (κ3) is 2.09. The van der Waals surface area contributed by atoms with E-state index in [4.69, 9.17) is 4.52 Å². The number of sulfonamides is 1. The van der Waals surface area contributed by atoms with Gasteiger partial charge in [-0.15, -0.1) is 0 Å². The molecule has 3 heterocycles. The average Bonchev–Trinajstić information content (AvgIpc) is 2.90. The van der Waals surface area contributed by atoms with Crippen molar-refractivity contribution in [2.75, 3.05) is 6.54 Å². The van der Waals surface area contributed by atoms with Gasteiger partial charge in [0.05, 0.1) is 17.9 Å². The van der Waals surface area contributed by atoms with Crippen LogP contribution >= 0.6 is 0 Å². The van der Waals surface area contributed by atoms with Gasteiger partial charge >= 0.3 is 0 Å². The van der Waals surface area contributed by atoms with Gasteiger partial charge < -0.3 is 4.52 Å². The SMILES string of the molecule is Cc1nn(C)c2c1CCN(S(=O)(=O)c1c(C)noc1C)C2. The van der Waals surface area contributed by atoms with Crippen LogP contribution in [-0.4, -0.2) is 34.2 Å². The van der Waals surface area contributed by atoms with Gasteiger partial charge in [0.2, 0.25) is 10.0 Å². The van der Waals surface area contributed by atoms with Crippen molar-refractivity contribution in [2.24, 2.45) is 7.05 Å². The van der Waals surface area contributed by atoms with Gasteiger partial charge in [0.25, 0.3) is 0 Å². The molecule has 0 radical (unpaired) electrons. The molecule has 114 valence electrons. The fourth-order valence-electron chi connectivity index (χ4n) is 2.93. The molecule has 0 spiro atoms. The van der Waals surface area contributed by atoms with E-state index in [9.17, 15) is 8.42 Å². The predicted molar refractivity (Wildman–Crippen MR) is 75.2 cm³/mol. The van der Waals surface area contributed by atoms with Gasteiger partial charge in [-0.1, -0.05) is 5.16 Å². The van der Waals surface area contributed by atoms with Gasteiger partial charge in [-0.25, -0.2) is 8.42 Å². The highest BCUT2D eigenvalue weighted by atomic mass is 32.2. The van der Waals surface area contributed by atoms with Crippen molar-refractivity contribution < 1.29 is 12.9 Å². The van der Waals surface area contributed by atoms with Crippen LogP contribution in [0.2, 0.25) is 0 Å². The molecule has 21 heavy (non-hydrogen) atoms. The first-order valence-corrected chi connectivity index (χ1v) is 8.20. The number of aryl methyl sites for hydroxylation is 4. The van der Waals surface area contributed by atoms with Crippen LogP contribution in [0.25, 0.3) is 0 Å². The summed E-state index contributed by atoms with van der Waals surface area (Å²) in [6.45, 7) is 6.01. The van der Waals surface area contributed by atoms with E-state index < -0.39 is 10.0 Å². The molecular weight excluding hydrogens is 292 g/mol. The molecule has 1 aliphatic heterocycles. The second kappa shape index (κ2) is 4.67. The molecule has 0 aliphatic carbocycles. The van der Waals surface area contributed by atoms with Crippen LogP contribution in [0.4, 0.5) is 0 Å². The molecule has 0 fully saturated rings. The van der Waals surface area contributed by atoms with E-state index in [1.54, 1.807) is 18.5 Å². The largest absolute Gasteiger partial charge is 0.360 e. The van der Waals surface area contributed by atoms with Crippen LogP contribution in [-0.2, 0) is 30.0 Å². The fraction of sp³-hybridized carbons (Fsp3) is 0.538. The van der Waals surface area contributed by atoms with Gasteiger partial charge in [-0.05, 0) is 32.8 Å². The maximum absolute atomic E-state index is 12.8. The number of nitrogens with zero attached hydrogens (tertiary/aromatic N) is 4. The fourth-order valence-corrected chi connectivity index (χ4v) is 4.63. The van der Waals surface area contributed by atoms with Crippen molar-refractivity contribution in [2.45, 2.75) is 38.6 Å². The first-order valence-electron chi connectivity index (χ1n) is 6.76. The number of rotatable bonds is 2. The van der Waals surface area contributed by atoms with Gasteiger partial charge in [0, 0.05) is 13.6 Å². The molecule has 3 rings (SSSR count). The van der Waals surface area contributed by atoms with Gasteiger partial charge in [0.15, 0.2) is 5.76 Å². The summed E-state index contributed by atoms with van der Waals surface area (Å²) in [5.74, 6) is 0.333. The molecule has 0 bridgehead atoms. The third-order valence-corrected chi connectivity index (χ3v) is 6.07. The molecule has 1 aliphatic rings. The van der Waals surface area contributed by atoms with Crippen LogP contribution in [0.1, 0.15) is 28.4 Å². The lowest BCUT2D eigenvalue weighted by molar-refractivity contribution is 0.374. The zero-order valence-electron chi connectivity index (χ0n) is 12.5. The van der Waals surface area contributed by atoms with E-state index in [2.05, 4.69) is 10.3 Å². The Morgan fingerprint density at radius 3 is 2.52 bits per heavy atom. The predicted octanol–water partition coefficient (Wildman–Crippen LogP) is 1.08. The second-order valence-electron chi connectivity index (χ2n) is 5.38. The zero-order valence-corrected chi connectivity index (χ0v) is 13.4. The first-order chi connectivity index (χ1) is 9.82. The lowest BCUT2D eigenvalue weighted by atomic mass is 10.1.